The number of carbonyl (C=O) groups is 1. The van der Waals surface area contributed by atoms with E-state index in [1.165, 1.54) is 5.56 Å². The standard InChI is InChI=1S/C17H20N8O/c1-12-3-4-14(7-13(12)2)20-17(26)23-10-16(11-23)24-8-15(21-22-24)9-25-18-5-6-19-25/h3-8,16H,9-11H2,1-2H3,(H,20,26). The van der Waals surface area contributed by atoms with Crippen LogP contribution in [0.4, 0.5) is 10.5 Å². The zero-order valence-corrected chi connectivity index (χ0v) is 14.7. The maximum absolute atomic E-state index is 12.3. The molecule has 1 aliphatic rings. The van der Waals surface area contributed by atoms with Gasteiger partial charge in [0.25, 0.3) is 0 Å². The van der Waals surface area contributed by atoms with Gasteiger partial charge in [-0.25, -0.2) is 9.48 Å². The summed E-state index contributed by atoms with van der Waals surface area (Å²) in [7, 11) is 0. The third kappa shape index (κ3) is 3.28. The number of carbonyl (C=O) groups excluding carboxylic acids is 1. The van der Waals surface area contributed by atoms with E-state index < -0.39 is 0 Å². The van der Waals surface area contributed by atoms with E-state index in [-0.39, 0.29) is 12.1 Å². The molecular formula is C17H20N8O. The van der Waals surface area contributed by atoms with Gasteiger partial charge in [-0.3, -0.25) is 0 Å². The van der Waals surface area contributed by atoms with Gasteiger partial charge in [-0.15, -0.1) is 5.10 Å². The molecule has 3 aromatic rings. The minimum absolute atomic E-state index is 0.0921. The molecule has 3 heterocycles. The zero-order chi connectivity index (χ0) is 18.1. The summed E-state index contributed by atoms with van der Waals surface area (Å²) in [5.41, 5.74) is 3.97. The van der Waals surface area contributed by atoms with E-state index in [2.05, 4.69) is 32.7 Å². The molecule has 0 saturated carbocycles. The molecule has 0 spiro atoms. The van der Waals surface area contributed by atoms with Crippen LogP contribution in [-0.4, -0.2) is 54.0 Å². The van der Waals surface area contributed by atoms with Crippen molar-refractivity contribution in [2.45, 2.75) is 26.4 Å². The summed E-state index contributed by atoms with van der Waals surface area (Å²) in [5, 5.41) is 19.3. The van der Waals surface area contributed by atoms with Gasteiger partial charge in [0, 0.05) is 18.8 Å². The molecule has 134 valence electrons. The molecule has 2 amide bonds. The van der Waals surface area contributed by atoms with Crippen LogP contribution in [0.3, 0.4) is 0 Å². The number of amides is 2. The highest BCUT2D eigenvalue weighted by Crippen LogP contribution is 2.22. The van der Waals surface area contributed by atoms with E-state index in [4.69, 9.17) is 0 Å². The predicted molar refractivity (Wildman–Crippen MR) is 94.7 cm³/mol. The predicted octanol–water partition coefficient (Wildman–Crippen LogP) is 1.62. The van der Waals surface area contributed by atoms with E-state index in [1.807, 2.05) is 31.3 Å². The van der Waals surface area contributed by atoms with Crippen LogP contribution >= 0.6 is 0 Å². The largest absolute Gasteiger partial charge is 0.321 e. The average molecular weight is 352 g/mol. The van der Waals surface area contributed by atoms with E-state index in [0.717, 1.165) is 16.9 Å². The number of nitrogens with zero attached hydrogens (tertiary/aromatic N) is 7. The van der Waals surface area contributed by atoms with Crippen molar-refractivity contribution in [3.63, 3.8) is 0 Å². The first-order chi connectivity index (χ1) is 12.6. The van der Waals surface area contributed by atoms with Crippen LogP contribution in [0.2, 0.25) is 0 Å². The Kier molecular flexibility index (Phi) is 4.11. The normalized spacial score (nSPS) is 14.3. The van der Waals surface area contributed by atoms with Crippen LogP contribution in [-0.2, 0) is 6.54 Å². The van der Waals surface area contributed by atoms with Crippen LogP contribution < -0.4 is 5.32 Å². The molecule has 1 N–H and O–H groups in total. The van der Waals surface area contributed by atoms with Crippen molar-refractivity contribution < 1.29 is 4.79 Å². The van der Waals surface area contributed by atoms with Crippen molar-refractivity contribution in [3.8, 4) is 0 Å². The number of nitrogens with one attached hydrogen (secondary N) is 1. The highest BCUT2D eigenvalue weighted by Gasteiger charge is 2.32. The second-order valence-corrected chi connectivity index (χ2v) is 6.54. The summed E-state index contributed by atoms with van der Waals surface area (Å²) in [6.45, 7) is 5.79. The Morgan fingerprint density at radius 1 is 1.19 bits per heavy atom. The topological polar surface area (TPSA) is 93.8 Å². The molecule has 9 nitrogen and oxygen atoms in total. The number of aromatic nitrogens is 6. The Bertz CT molecular complexity index is 911. The summed E-state index contributed by atoms with van der Waals surface area (Å²) in [6.07, 6.45) is 5.14. The molecule has 26 heavy (non-hydrogen) atoms. The van der Waals surface area contributed by atoms with Gasteiger partial charge < -0.3 is 10.2 Å². The van der Waals surface area contributed by atoms with Gasteiger partial charge in [-0.05, 0) is 37.1 Å². The van der Waals surface area contributed by atoms with Gasteiger partial charge in [0.15, 0.2) is 0 Å². The Balaban J connectivity index is 1.31. The van der Waals surface area contributed by atoms with Crippen molar-refractivity contribution in [1.29, 1.82) is 0 Å². The van der Waals surface area contributed by atoms with Gasteiger partial charge in [0.2, 0.25) is 0 Å². The lowest BCUT2D eigenvalue weighted by Gasteiger charge is -2.38. The Labute approximate surface area is 150 Å². The minimum Gasteiger partial charge on any atom is -0.320 e. The molecule has 0 bridgehead atoms. The molecule has 2 aromatic heterocycles. The number of hydrogen-bond donors (Lipinski definition) is 1. The molecular weight excluding hydrogens is 332 g/mol. The molecule has 4 rings (SSSR count). The van der Waals surface area contributed by atoms with Gasteiger partial charge in [-0.1, -0.05) is 11.3 Å². The SMILES string of the molecule is Cc1ccc(NC(=O)N2CC(n3cc(Cn4nccn4)nn3)C2)cc1C. The van der Waals surface area contributed by atoms with Gasteiger partial charge >= 0.3 is 6.03 Å². The van der Waals surface area contributed by atoms with Crippen LogP contribution in [0.1, 0.15) is 22.9 Å². The molecule has 1 aliphatic heterocycles. The van der Waals surface area contributed by atoms with Gasteiger partial charge in [-0.2, -0.15) is 15.0 Å². The highest BCUT2D eigenvalue weighted by atomic mass is 16.2. The summed E-state index contributed by atoms with van der Waals surface area (Å²) in [4.78, 5) is 15.6. The molecule has 9 heteroatoms. The van der Waals surface area contributed by atoms with Crippen LogP contribution in [0.15, 0.2) is 36.8 Å². The van der Waals surface area contributed by atoms with Crippen LogP contribution in [0, 0.1) is 13.8 Å². The smallest absolute Gasteiger partial charge is 0.320 e. The third-order valence-corrected chi connectivity index (χ3v) is 4.61. The Morgan fingerprint density at radius 3 is 2.69 bits per heavy atom. The second-order valence-electron chi connectivity index (χ2n) is 6.54. The number of urea groups is 1. The number of rotatable bonds is 4. The number of likely N-dealkylation sites (tertiary alicyclic amines) is 1. The maximum atomic E-state index is 12.3. The first-order valence-electron chi connectivity index (χ1n) is 8.46. The summed E-state index contributed by atoms with van der Waals surface area (Å²) in [6, 6.07) is 5.97. The first-order valence-corrected chi connectivity index (χ1v) is 8.46. The Hall–Kier alpha value is -3.23. The van der Waals surface area contributed by atoms with E-state index in [9.17, 15) is 4.79 Å². The fourth-order valence-corrected chi connectivity index (χ4v) is 2.84. The number of anilines is 1. The lowest BCUT2D eigenvalue weighted by molar-refractivity contribution is 0.127. The quantitative estimate of drug-likeness (QED) is 0.770. The van der Waals surface area contributed by atoms with E-state index in [0.29, 0.717) is 19.6 Å². The monoisotopic (exact) mass is 352 g/mol. The molecule has 0 aliphatic carbocycles. The van der Waals surface area contributed by atoms with Crippen LogP contribution in [0.25, 0.3) is 0 Å². The summed E-state index contributed by atoms with van der Waals surface area (Å²) < 4.78 is 1.80. The Morgan fingerprint density at radius 2 is 1.96 bits per heavy atom. The molecule has 0 atom stereocenters. The van der Waals surface area contributed by atoms with Crippen LogP contribution in [0.5, 0.6) is 0 Å². The number of benzene rings is 1. The fourth-order valence-electron chi connectivity index (χ4n) is 2.84. The lowest BCUT2D eigenvalue weighted by Crippen LogP contribution is -2.52. The molecule has 1 fully saturated rings. The summed E-state index contributed by atoms with van der Waals surface area (Å²) >= 11 is 0. The third-order valence-electron chi connectivity index (χ3n) is 4.61. The van der Waals surface area contributed by atoms with Crippen molar-refractivity contribution in [2.24, 2.45) is 0 Å². The lowest BCUT2D eigenvalue weighted by atomic mass is 10.1. The number of aryl methyl sites for hydroxylation is 2. The minimum atomic E-state index is -0.0921. The molecule has 0 unspecified atom stereocenters. The molecule has 0 radical (unpaired) electrons. The van der Waals surface area contributed by atoms with Crippen molar-refractivity contribution in [3.05, 3.63) is 53.6 Å². The van der Waals surface area contributed by atoms with Crippen molar-refractivity contribution >= 4 is 11.7 Å². The number of hydrogen-bond acceptors (Lipinski definition) is 5. The summed E-state index contributed by atoms with van der Waals surface area (Å²) in [5.74, 6) is 0. The van der Waals surface area contributed by atoms with Crippen molar-refractivity contribution in [1.82, 2.24) is 34.9 Å². The fraction of sp³-hybridized carbons (Fsp3) is 0.353. The first kappa shape index (κ1) is 16.2. The van der Waals surface area contributed by atoms with E-state index in [1.54, 1.807) is 26.8 Å². The average Bonchev–Trinajstić information content (AvgIpc) is 3.22. The second kappa shape index (κ2) is 6.58. The zero-order valence-electron chi connectivity index (χ0n) is 14.7. The van der Waals surface area contributed by atoms with Gasteiger partial charge in [0.1, 0.15) is 12.2 Å². The van der Waals surface area contributed by atoms with Crippen molar-refractivity contribution in [2.75, 3.05) is 18.4 Å². The molecule has 1 aromatic carbocycles. The maximum Gasteiger partial charge on any atom is 0.321 e. The van der Waals surface area contributed by atoms with Gasteiger partial charge in [0.05, 0.1) is 24.6 Å². The molecule has 1 saturated heterocycles. The highest BCUT2D eigenvalue weighted by molar-refractivity contribution is 5.90. The van der Waals surface area contributed by atoms with E-state index >= 15 is 0 Å².